The van der Waals surface area contributed by atoms with Crippen molar-refractivity contribution in [1.29, 1.82) is 0 Å². The Morgan fingerprint density at radius 3 is 2.35 bits per heavy atom. The third-order valence-electron chi connectivity index (χ3n) is 2.43. The van der Waals surface area contributed by atoms with Gasteiger partial charge in [-0.15, -0.1) is 0 Å². The van der Waals surface area contributed by atoms with Crippen molar-refractivity contribution in [2.75, 3.05) is 0 Å². The van der Waals surface area contributed by atoms with Crippen LogP contribution in [0, 0.1) is 0 Å². The minimum absolute atomic E-state index is 0.435. The summed E-state index contributed by atoms with van der Waals surface area (Å²) in [6.07, 6.45) is 3.08. The van der Waals surface area contributed by atoms with Crippen LogP contribution in [-0.4, -0.2) is 5.91 Å². The zero-order valence-electron chi connectivity index (χ0n) is 9.34. The van der Waals surface area contributed by atoms with Crippen LogP contribution in [0.3, 0.4) is 0 Å². The van der Waals surface area contributed by atoms with E-state index < -0.39 is 5.91 Å². The molecule has 0 unspecified atom stereocenters. The lowest BCUT2D eigenvalue weighted by molar-refractivity contribution is -0.113. The number of amides is 1. The van der Waals surface area contributed by atoms with E-state index in [1.54, 1.807) is 6.08 Å². The SMILES string of the molecule is NC(=O)/C=C/c1cccc(-c2ccccc2)c1. The number of hydrogen-bond acceptors (Lipinski definition) is 1. The maximum absolute atomic E-state index is 10.7. The lowest BCUT2D eigenvalue weighted by Crippen LogP contribution is -2.05. The Bertz CT molecular complexity index is 544. The van der Waals surface area contributed by atoms with E-state index >= 15 is 0 Å². The number of carbonyl (C=O) groups excluding carboxylic acids is 1. The van der Waals surface area contributed by atoms with Gasteiger partial charge in [0.15, 0.2) is 0 Å². The van der Waals surface area contributed by atoms with E-state index in [-0.39, 0.29) is 0 Å². The van der Waals surface area contributed by atoms with Crippen molar-refractivity contribution >= 4 is 12.0 Å². The highest BCUT2D eigenvalue weighted by Crippen LogP contribution is 2.20. The molecular weight excluding hydrogens is 210 g/mol. The molecule has 0 saturated heterocycles. The molecule has 0 aliphatic heterocycles. The molecule has 0 aliphatic carbocycles. The monoisotopic (exact) mass is 223 g/mol. The minimum Gasteiger partial charge on any atom is -0.366 e. The summed E-state index contributed by atoms with van der Waals surface area (Å²) in [6.45, 7) is 0. The smallest absolute Gasteiger partial charge is 0.241 e. The molecule has 0 atom stereocenters. The number of hydrogen-bond donors (Lipinski definition) is 1. The maximum Gasteiger partial charge on any atom is 0.241 e. The molecule has 84 valence electrons. The average molecular weight is 223 g/mol. The quantitative estimate of drug-likeness (QED) is 0.799. The largest absolute Gasteiger partial charge is 0.366 e. The second-order valence-corrected chi connectivity index (χ2v) is 3.73. The fourth-order valence-corrected chi connectivity index (χ4v) is 1.63. The molecule has 0 aliphatic rings. The molecule has 0 heterocycles. The Labute approximate surface area is 100 Å². The van der Waals surface area contributed by atoms with Crippen LogP contribution in [0.5, 0.6) is 0 Å². The van der Waals surface area contributed by atoms with Crippen LogP contribution in [0.25, 0.3) is 17.2 Å². The van der Waals surface area contributed by atoms with Crippen molar-refractivity contribution in [2.45, 2.75) is 0 Å². The van der Waals surface area contributed by atoms with Gasteiger partial charge < -0.3 is 5.73 Å². The molecule has 0 spiro atoms. The molecule has 0 fully saturated rings. The molecule has 2 aromatic carbocycles. The zero-order valence-corrected chi connectivity index (χ0v) is 9.34. The second-order valence-electron chi connectivity index (χ2n) is 3.73. The fraction of sp³-hybridized carbons (Fsp3) is 0. The molecule has 0 radical (unpaired) electrons. The summed E-state index contributed by atoms with van der Waals surface area (Å²) in [5.41, 5.74) is 8.30. The molecule has 17 heavy (non-hydrogen) atoms. The van der Waals surface area contributed by atoms with Gasteiger partial charge in [0, 0.05) is 6.08 Å². The standard InChI is InChI=1S/C15H13NO/c16-15(17)10-9-12-5-4-8-14(11-12)13-6-2-1-3-7-13/h1-11H,(H2,16,17)/b10-9+. The van der Waals surface area contributed by atoms with Gasteiger partial charge in [-0.1, -0.05) is 48.5 Å². The molecule has 0 aromatic heterocycles. The van der Waals surface area contributed by atoms with Crippen molar-refractivity contribution < 1.29 is 4.79 Å². The van der Waals surface area contributed by atoms with E-state index in [1.165, 1.54) is 6.08 Å². The Hall–Kier alpha value is -2.35. The first-order valence-corrected chi connectivity index (χ1v) is 5.39. The molecule has 2 nitrogen and oxygen atoms in total. The van der Waals surface area contributed by atoms with Crippen molar-refractivity contribution in [3.05, 3.63) is 66.2 Å². The lowest BCUT2D eigenvalue weighted by atomic mass is 10.0. The van der Waals surface area contributed by atoms with Gasteiger partial charge in [0.25, 0.3) is 0 Å². The Morgan fingerprint density at radius 1 is 0.941 bits per heavy atom. The van der Waals surface area contributed by atoms with E-state index in [0.717, 1.165) is 16.7 Å². The van der Waals surface area contributed by atoms with Gasteiger partial charge in [-0.3, -0.25) is 4.79 Å². The molecule has 0 bridgehead atoms. The van der Waals surface area contributed by atoms with Crippen LogP contribution in [-0.2, 0) is 4.79 Å². The van der Waals surface area contributed by atoms with Gasteiger partial charge in [0.05, 0.1) is 0 Å². The van der Waals surface area contributed by atoms with Gasteiger partial charge >= 0.3 is 0 Å². The third kappa shape index (κ3) is 3.05. The van der Waals surface area contributed by atoms with Crippen LogP contribution >= 0.6 is 0 Å². The molecule has 0 saturated carbocycles. The first-order chi connectivity index (χ1) is 8.25. The summed E-state index contributed by atoms with van der Waals surface area (Å²) in [5.74, 6) is -0.435. The number of primary amides is 1. The summed E-state index contributed by atoms with van der Waals surface area (Å²) < 4.78 is 0. The van der Waals surface area contributed by atoms with Crippen LogP contribution in [0.4, 0.5) is 0 Å². The van der Waals surface area contributed by atoms with Crippen molar-refractivity contribution in [1.82, 2.24) is 0 Å². The molecule has 2 heteroatoms. The van der Waals surface area contributed by atoms with Crippen molar-refractivity contribution in [3.8, 4) is 11.1 Å². The van der Waals surface area contributed by atoms with E-state index in [0.29, 0.717) is 0 Å². The Balaban J connectivity index is 2.32. The number of benzene rings is 2. The molecular formula is C15H13NO. The van der Waals surface area contributed by atoms with Crippen molar-refractivity contribution in [3.63, 3.8) is 0 Å². The van der Waals surface area contributed by atoms with E-state index in [2.05, 4.69) is 12.1 Å². The average Bonchev–Trinajstić information content (AvgIpc) is 2.38. The third-order valence-corrected chi connectivity index (χ3v) is 2.43. The minimum atomic E-state index is -0.435. The highest BCUT2D eigenvalue weighted by molar-refractivity contribution is 5.90. The number of nitrogens with two attached hydrogens (primary N) is 1. The van der Waals surface area contributed by atoms with Crippen LogP contribution in [0.2, 0.25) is 0 Å². The second kappa shape index (κ2) is 5.12. The van der Waals surface area contributed by atoms with Gasteiger partial charge in [-0.05, 0) is 28.8 Å². The molecule has 2 rings (SSSR count). The van der Waals surface area contributed by atoms with Crippen LogP contribution < -0.4 is 5.73 Å². The summed E-state index contributed by atoms with van der Waals surface area (Å²) in [4.78, 5) is 10.7. The van der Waals surface area contributed by atoms with Crippen LogP contribution in [0.15, 0.2) is 60.7 Å². The van der Waals surface area contributed by atoms with Gasteiger partial charge in [-0.2, -0.15) is 0 Å². The summed E-state index contributed by atoms with van der Waals surface area (Å²) in [7, 11) is 0. The number of rotatable bonds is 3. The topological polar surface area (TPSA) is 43.1 Å². The van der Waals surface area contributed by atoms with Crippen LogP contribution in [0.1, 0.15) is 5.56 Å². The fourth-order valence-electron chi connectivity index (χ4n) is 1.63. The first-order valence-electron chi connectivity index (χ1n) is 5.39. The van der Waals surface area contributed by atoms with Gasteiger partial charge in [-0.25, -0.2) is 0 Å². The zero-order chi connectivity index (χ0) is 12.1. The van der Waals surface area contributed by atoms with Gasteiger partial charge in [0.1, 0.15) is 0 Å². The first kappa shape index (κ1) is 11.1. The van der Waals surface area contributed by atoms with E-state index in [9.17, 15) is 4.79 Å². The molecule has 2 N–H and O–H groups in total. The van der Waals surface area contributed by atoms with Crippen molar-refractivity contribution in [2.24, 2.45) is 5.73 Å². The Kier molecular flexibility index (Phi) is 3.36. The lowest BCUT2D eigenvalue weighted by Gasteiger charge is -2.02. The molecule has 1 amide bonds. The maximum atomic E-state index is 10.7. The molecule has 2 aromatic rings. The predicted molar refractivity (Wildman–Crippen MR) is 70.1 cm³/mol. The van der Waals surface area contributed by atoms with E-state index in [4.69, 9.17) is 5.73 Å². The predicted octanol–water partition coefficient (Wildman–Crippen LogP) is 2.85. The van der Waals surface area contributed by atoms with Gasteiger partial charge in [0.2, 0.25) is 5.91 Å². The highest BCUT2D eigenvalue weighted by atomic mass is 16.1. The number of carbonyl (C=O) groups is 1. The normalized spacial score (nSPS) is 10.6. The van der Waals surface area contributed by atoms with E-state index in [1.807, 2.05) is 42.5 Å². The highest BCUT2D eigenvalue weighted by Gasteiger charge is 1.96. The summed E-state index contributed by atoms with van der Waals surface area (Å²) >= 11 is 0. The summed E-state index contributed by atoms with van der Waals surface area (Å²) in [5, 5.41) is 0. The Morgan fingerprint density at radius 2 is 1.65 bits per heavy atom. The summed E-state index contributed by atoms with van der Waals surface area (Å²) in [6, 6.07) is 18.1.